The van der Waals surface area contributed by atoms with Crippen molar-refractivity contribution in [3.8, 4) is 23.0 Å². The van der Waals surface area contributed by atoms with Crippen LogP contribution in [0.2, 0.25) is 5.02 Å². The maximum Gasteiger partial charge on any atom is 0.261 e. The molecule has 6 nitrogen and oxygen atoms in total. The quantitative estimate of drug-likeness (QED) is 0.761. The number of ether oxygens (including phenoxy) is 4. The summed E-state index contributed by atoms with van der Waals surface area (Å²) in [6.07, 6.45) is -0.681. The topological polar surface area (TPSA) is 66.0 Å². The van der Waals surface area contributed by atoms with E-state index >= 15 is 0 Å². The van der Waals surface area contributed by atoms with Gasteiger partial charge in [0.15, 0.2) is 17.6 Å². The third kappa shape index (κ3) is 4.73. The highest BCUT2D eigenvalue weighted by Crippen LogP contribution is 2.39. The summed E-state index contributed by atoms with van der Waals surface area (Å²) in [4.78, 5) is 12.3. The molecule has 2 aromatic rings. The molecule has 0 saturated carbocycles. The van der Waals surface area contributed by atoms with Gasteiger partial charge in [0, 0.05) is 17.1 Å². The number of hydrogen-bond donors (Lipinski definition) is 1. The average molecular weight is 380 g/mol. The Bertz CT molecular complexity index is 766. The predicted molar refractivity (Wildman–Crippen MR) is 99.5 cm³/mol. The highest BCUT2D eigenvalue weighted by molar-refractivity contribution is 6.30. The molecular weight excluding hydrogens is 358 g/mol. The molecule has 2 aromatic carbocycles. The minimum Gasteiger partial charge on any atom is -0.493 e. The van der Waals surface area contributed by atoms with E-state index in [0.717, 1.165) is 5.56 Å². The highest BCUT2D eigenvalue weighted by Gasteiger charge is 2.18. The lowest BCUT2D eigenvalue weighted by atomic mass is 10.1. The van der Waals surface area contributed by atoms with Gasteiger partial charge in [-0.3, -0.25) is 4.79 Å². The SMILES string of the molecule is COc1ccc(CNC(=O)[C@@H](C)Oc2cccc(Cl)c2)c(OC)c1OC. The second kappa shape index (κ2) is 9.20. The van der Waals surface area contributed by atoms with Crippen LogP contribution < -0.4 is 24.3 Å². The molecule has 1 atom stereocenters. The highest BCUT2D eigenvalue weighted by atomic mass is 35.5. The van der Waals surface area contributed by atoms with Gasteiger partial charge in [-0.1, -0.05) is 17.7 Å². The second-order valence-electron chi connectivity index (χ2n) is 5.43. The minimum absolute atomic E-state index is 0.256. The molecule has 0 heterocycles. The van der Waals surface area contributed by atoms with Crippen LogP contribution in [0.15, 0.2) is 36.4 Å². The van der Waals surface area contributed by atoms with Gasteiger partial charge in [0.1, 0.15) is 5.75 Å². The van der Waals surface area contributed by atoms with Crippen LogP contribution in [0.25, 0.3) is 0 Å². The summed E-state index contributed by atoms with van der Waals surface area (Å²) >= 11 is 5.92. The van der Waals surface area contributed by atoms with Crippen LogP contribution in [0.3, 0.4) is 0 Å². The van der Waals surface area contributed by atoms with E-state index in [1.54, 1.807) is 44.4 Å². The number of amides is 1. The molecule has 0 aliphatic carbocycles. The average Bonchev–Trinajstić information content (AvgIpc) is 2.64. The fourth-order valence-electron chi connectivity index (χ4n) is 2.43. The number of carbonyl (C=O) groups excluding carboxylic acids is 1. The molecule has 1 amide bonds. The van der Waals surface area contributed by atoms with Gasteiger partial charge in [-0.2, -0.15) is 0 Å². The van der Waals surface area contributed by atoms with Gasteiger partial charge in [0.25, 0.3) is 5.91 Å². The fraction of sp³-hybridized carbons (Fsp3) is 0.316. The lowest BCUT2D eigenvalue weighted by molar-refractivity contribution is -0.127. The maximum atomic E-state index is 12.3. The standard InChI is InChI=1S/C19H22ClNO5/c1-12(26-15-7-5-6-14(20)10-15)19(22)21-11-13-8-9-16(23-2)18(25-4)17(13)24-3/h5-10,12H,11H2,1-4H3,(H,21,22)/t12-/m1/s1. The maximum absolute atomic E-state index is 12.3. The van der Waals surface area contributed by atoms with Crippen LogP contribution in [-0.4, -0.2) is 33.3 Å². The van der Waals surface area contributed by atoms with Crippen LogP contribution in [0, 0.1) is 0 Å². The Morgan fingerprint density at radius 3 is 2.42 bits per heavy atom. The van der Waals surface area contributed by atoms with Crippen LogP contribution in [-0.2, 0) is 11.3 Å². The first-order valence-corrected chi connectivity index (χ1v) is 8.35. The lowest BCUT2D eigenvalue weighted by Crippen LogP contribution is -2.36. The van der Waals surface area contributed by atoms with E-state index in [1.807, 2.05) is 6.07 Å². The van der Waals surface area contributed by atoms with Crippen molar-refractivity contribution in [2.24, 2.45) is 0 Å². The molecule has 0 aliphatic rings. The van der Waals surface area contributed by atoms with Crippen molar-refractivity contribution in [1.82, 2.24) is 5.32 Å². The Hall–Kier alpha value is -2.60. The van der Waals surface area contributed by atoms with Crippen LogP contribution >= 0.6 is 11.6 Å². The first-order valence-electron chi connectivity index (χ1n) is 7.98. The third-order valence-electron chi connectivity index (χ3n) is 3.72. The van der Waals surface area contributed by atoms with Gasteiger partial charge in [-0.05, 0) is 37.3 Å². The molecule has 0 bridgehead atoms. The van der Waals surface area contributed by atoms with Crippen molar-refractivity contribution in [1.29, 1.82) is 0 Å². The Morgan fingerprint density at radius 2 is 1.81 bits per heavy atom. The first-order chi connectivity index (χ1) is 12.5. The van der Waals surface area contributed by atoms with Crippen molar-refractivity contribution >= 4 is 17.5 Å². The van der Waals surface area contributed by atoms with Crippen molar-refractivity contribution in [3.63, 3.8) is 0 Å². The molecule has 2 rings (SSSR count). The smallest absolute Gasteiger partial charge is 0.261 e. The normalized spacial score (nSPS) is 11.4. The van der Waals surface area contributed by atoms with E-state index in [2.05, 4.69) is 5.32 Å². The molecule has 0 aliphatic heterocycles. The molecule has 0 saturated heterocycles. The summed E-state index contributed by atoms with van der Waals surface area (Å²) in [6.45, 7) is 1.92. The fourth-order valence-corrected chi connectivity index (χ4v) is 2.61. The van der Waals surface area contributed by atoms with Gasteiger partial charge in [0.05, 0.1) is 21.3 Å². The van der Waals surface area contributed by atoms with Crippen molar-refractivity contribution in [2.45, 2.75) is 19.6 Å². The number of halogens is 1. The van der Waals surface area contributed by atoms with Crippen LogP contribution in [0.1, 0.15) is 12.5 Å². The molecule has 0 aromatic heterocycles. The number of methoxy groups -OCH3 is 3. The summed E-state index contributed by atoms with van der Waals surface area (Å²) in [5.41, 5.74) is 0.758. The molecule has 26 heavy (non-hydrogen) atoms. The van der Waals surface area contributed by atoms with E-state index < -0.39 is 6.10 Å². The number of nitrogens with one attached hydrogen (secondary N) is 1. The summed E-state index contributed by atoms with van der Waals surface area (Å²) < 4.78 is 21.6. The number of carbonyl (C=O) groups is 1. The Kier molecular flexibility index (Phi) is 6.97. The number of hydrogen-bond acceptors (Lipinski definition) is 5. The molecule has 0 unspecified atom stereocenters. The molecule has 0 fully saturated rings. The van der Waals surface area contributed by atoms with E-state index in [1.165, 1.54) is 14.2 Å². The summed E-state index contributed by atoms with van der Waals surface area (Å²) in [5, 5.41) is 3.37. The van der Waals surface area contributed by atoms with E-state index in [4.69, 9.17) is 30.5 Å². The summed E-state index contributed by atoms with van der Waals surface area (Å²) in [7, 11) is 4.62. The molecule has 0 radical (unpaired) electrons. The Morgan fingerprint density at radius 1 is 1.08 bits per heavy atom. The lowest BCUT2D eigenvalue weighted by Gasteiger charge is -2.18. The molecule has 0 spiro atoms. The van der Waals surface area contributed by atoms with Crippen molar-refractivity contribution in [2.75, 3.05) is 21.3 Å². The largest absolute Gasteiger partial charge is 0.493 e. The van der Waals surface area contributed by atoms with Crippen molar-refractivity contribution < 1.29 is 23.7 Å². The molecule has 7 heteroatoms. The van der Waals surface area contributed by atoms with Gasteiger partial charge >= 0.3 is 0 Å². The number of rotatable bonds is 8. The zero-order valence-electron chi connectivity index (χ0n) is 15.2. The first kappa shape index (κ1) is 19.7. The Labute approximate surface area is 158 Å². The van der Waals surface area contributed by atoms with E-state index in [0.29, 0.717) is 28.0 Å². The summed E-state index contributed by atoms with van der Waals surface area (Å²) in [5.74, 6) is 1.81. The van der Waals surface area contributed by atoms with E-state index in [-0.39, 0.29) is 12.5 Å². The second-order valence-corrected chi connectivity index (χ2v) is 5.87. The Balaban J connectivity index is 2.04. The molecule has 140 valence electrons. The van der Waals surface area contributed by atoms with Crippen LogP contribution in [0.4, 0.5) is 0 Å². The van der Waals surface area contributed by atoms with Gasteiger partial charge in [-0.25, -0.2) is 0 Å². The summed E-state index contributed by atoms with van der Waals surface area (Å²) in [6, 6.07) is 10.5. The minimum atomic E-state index is -0.681. The van der Waals surface area contributed by atoms with Gasteiger partial charge in [-0.15, -0.1) is 0 Å². The van der Waals surface area contributed by atoms with Crippen molar-refractivity contribution in [3.05, 3.63) is 47.0 Å². The van der Waals surface area contributed by atoms with Crippen LogP contribution in [0.5, 0.6) is 23.0 Å². The zero-order valence-corrected chi connectivity index (χ0v) is 15.9. The molecule has 1 N–H and O–H groups in total. The van der Waals surface area contributed by atoms with Gasteiger partial charge < -0.3 is 24.3 Å². The predicted octanol–water partition coefficient (Wildman–Crippen LogP) is 3.45. The van der Waals surface area contributed by atoms with E-state index in [9.17, 15) is 4.79 Å². The number of benzene rings is 2. The third-order valence-corrected chi connectivity index (χ3v) is 3.95. The van der Waals surface area contributed by atoms with Gasteiger partial charge in [0.2, 0.25) is 5.75 Å². The zero-order chi connectivity index (χ0) is 19.1. The molecular formula is C19H22ClNO5. The monoisotopic (exact) mass is 379 g/mol.